The van der Waals surface area contributed by atoms with Crippen LogP contribution in [0.15, 0.2) is 46.9 Å². The lowest BCUT2D eigenvalue weighted by Gasteiger charge is -2.18. The fourth-order valence-electron chi connectivity index (χ4n) is 1.85. The van der Waals surface area contributed by atoms with Gasteiger partial charge in [0.15, 0.2) is 0 Å². The van der Waals surface area contributed by atoms with E-state index < -0.39 is 0 Å². The maximum Gasteiger partial charge on any atom is 0.257 e. The van der Waals surface area contributed by atoms with Gasteiger partial charge >= 0.3 is 0 Å². The van der Waals surface area contributed by atoms with Gasteiger partial charge in [0.2, 0.25) is 0 Å². The number of nitrogens with zero attached hydrogens (tertiary/aromatic N) is 1. The highest BCUT2D eigenvalue weighted by molar-refractivity contribution is 9.10. The Labute approximate surface area is 130 Å². The molecule has 0 bridgehead atoms. The third-order valence-electron chi connectivity index (χ3n) is 2.90. The van der Waals surface area contributed by atoms with E-state index in [1.807, 2.05) is 18.2 Å². The van der Waals surface area contributed by atoms with E-state index >= 15 is 0 Å². The predicted molar refractivity (Wildman–Crippen MR) is 83.1 cm³/mol. The van der Waals surface area contributed by atoms with Gasteiger partial charge in [0.25, 0.3) is 5.91 Å². The second kappa shape index (κ2) is 6.29. The van der Waals surface area contributed by atoms with Crippen molar-refractivity contribution >= 4 is 33.4 Å². The van der Waals surface area contributed by atoms with Crippen molar-refractivity contribution in [2.24, 2.45) is 0 Å². The first-order valence-corrected chi connectivity index (χ1v) is 7.13. The molecule has 0 unspecified atom stereocenters. The van der Waals surface area contributed by atoms with Gasteiger partial charge in [-0.2, -0.15) is 0 Å². The van der Waals surface area contributed by atoms with Crippen LogP contribution < -0.4 is 0 Å². The molecule has 2 aromatic carbocycles. The topological polar surface area (TPSA) is 40.5 Å². The van der Waals surface area contributed by atoms with E-state index in [0.29, 0.717) is 11.6 Å². The first kappa shape index (κ1) is 14.9. The smallest absolute Gasteiger partial charge is 0.257 e. The maximum atomic E-state index is 12.3. The predicted octanol–water partition coefficient (Wildman–Crippen LogP) is 4.08. The number of aromatic hydroxyl groups is 1. The maximum absolute atomic E-state index is 12.3. The van der Waals surface area contributed by atoms with E-state index in [1.54, 1.807) is 25.2 Å². The van der Waals surface area contributed by atoms with Crippen LogP contribution in [-0.2, 0) is 6.54 Å². The van der Waals surface area contributed by atoms with Crippen molar-refractivity contribution in [3.8, 4) is 5.75 Å². The lowest BCUT2D eigenvalue weighted by atomic mass is 10.1. The van der Waals surface area contributed by atoms with Crippen molar-refractivity contribution < 1.29 is 9.90 Å². The zero-order chi connectivity index (χ0) is 14.7. The molecule has 0 atom stereocenters. The summed E-state index contributed by atoms with van der Waals surface area (Å²) in [7, 11) is 1.67. The first-order valence-electron chi connectivity index (χ1n) is 5.96. The van der Waals surface area contributed by atoms with Crippen LogP contribution in [0.2, 0.25) is 5.02 Å². The minimum Gasteiger partial charge on any atom is -0.507 e. The molecule has 0 aromatic heterocycles. The van der Waals surface area contributed by atoms with Crippen LogP contribution in [0.3, 0.4) is 0 Å². The molecule has 0 spiro atoms. The number of hydrogen-bond donors (Lipinski definition) is 1. The Morgan fingerprint density at radius 1 is 1.30 bits per heavy atom. The minimum absolute atomic E-state index is 0.0459. The van der Waals surface area contributed by atoms with E-state index in [-0.39, 0.29) is 17.2 Å². The Hall–Kier alpha value is -1.52. The molecule has 1 amide bonds. The van der Waals surface area contributed by atoms with Crippen molar-refractivity contribution in [1.82, 2.24) is 4.90 Å². The second-order valence-electron chi connectivity index (χ2n) is 4.41. The first-order chi connectivity index (χ1) is 9.49. The zero-order valence-corrected chi connectivity index (χ0v) is 13.1. The molecule has 0 radical (unpaired) electrons. The van der Waals surface area contributed by atoms with E-state index in [9.17, 15) is 9.90 Å². The molecular formula is C15H13BrClNO2. The number of halogens is 2. The van der Waals surface area contributed by atoms with Gasteiger partial charge in [-0.3, -0.25) is 4.79 Å². The number of benzene rings is 2. The van der Waals surface area contributed by atoms with E-state index in [2.05, 4.69) is 15.9 Å². The summed E-state index contributed by atoms with van der Waals surface area (Å²) in [5.74, 6) is -0.301. The SMILES string of the molecule is CN(Cc1ccccc1Cl)C(=O)c1ccc(Br)cc1O. The fraction of sp³-hybridized carbons (Fsp3) is 0.133. The second-order valence-corrected chi connectivity index (χ2v) is 5.74. The number of carbonyl (C=O) groups is 1. The Morgan fingerprint density at radius 2 is 2.00 bits per heavy atom. The minimum atomic E-state index is -0.255. The summed E-state index contributed by atoms with van der Waals surface area (Å²) in [5.41, 5.74) is 1.13. The number of carbonyl (C=O) groups excluding carboxylic acids is 1. The van der Waals surface area contributed by atoms with Gasteiger partial charge in [-0.05, 0) is 29.8 Å². The number of amides is 1. The van der Waals surface area contributed by atoms with Gasteiger partial charge in [0, 0.05) is 23.1 Å². The van der Waals surface area contributed by atoms with Crippen LogP contribution in [-0.4, -0.2) is 23.0 Å². The molecule has 5 heteroatoms. The standard InChI is InChI=1S/C15H13BrClNO2/c1-18(9-10-4-2-3-5-13(10)17)15(20)12-7-6-11(16)8-14(12)19/h2-8,19H,9H2,1H3. The molecule has 0 saturated carbocycles. The van der Waals surface area contributed by atoms with E-state index in [4.69, 9.17) is 11.6 Å². The fourth-order valence-corrected chi connectivity index (χ4v) is 2.39. The van der Waals surface area contributed by atoms with Crippen molar-refractivity contribution in [3.05, 3.63) is 63.1 Å². The van der Waals surface area contributed by atoms with Crippen LogP contribution in [0.1, 0.15) is 15.9 Å². The van der Waals surface area contributed by atoms with E-state index in [1.165, 1.54) is 11.0 Å². The molecule has 2 aromatic rings. The average molecular weight is 355 g/mol. The quantitative estimate of drug-likeness (QED) is 0.902. The van der Waals surface area contributed by atoms with Gasteiger partial charge < -0.3 is 10.0 Å². The molecule has 0 heterocycles. The van der Waals surface area contributed by atoms with Gasteiger partial charge in [-0.1, -0.05) is 45.7 Å². The van der Waals surface area contributed by atoms with Crippen LogP contribution in [0, 0.1) is 0 Å². The van der Waals surface area contributed by atoms with Gasteiger partial charge in [0.1, 0.15) is 5.75 Å². The molecule has 0 aliphatic heterocycles. The zero-order valence-electron chi connectivity index (χ0n) is 10.8. The normalized spacial score (nSPS) is 10.3. The third-order valence-corrected chi connectivity index (χ3v) is 3.76. The van der Waals surface area contributed by atoms with Crippen LogP contribution >= 0.6 is 27.5 Å². The van der Waals surface area contributed by atoms with Crippen LogP contribution in [0.5, 0.6) is 5.75 Å². The van der Waals surface area contributed by atoms with Gasteiger partial charge in [0.05, 0.1) is 5.56 Å². The summed E-state index contributed by atoms with van der Waals surface area (Å²) in [6, 6.07) is 12.2. The lowest BCUT2D eigenvalue weighted by Crippen LogP contribution is -2.26. The molecule has 0 fully saturated rings. The number of phenols is 1. The van der Waals surface area contributed by atoms with Gasteiger partial charge in [-0.15, -0.1) is 0 Å². The Kier molecular flexibility index (Phi) is 4.68. The highest BCUT2D eigenvalue weighted by atomic mass is 79.9. The Balaban J connectivity index is 2.19. The Bertz CT molecular complexity index is 646. The summed E-state index contributed by atoms with van der Waals surface area (Å²) in [6.07, 6.45) is 0. The molecule has 0 saturated heterocycles. The van der Waals surface area contributed by atoms with Crippen molar-refractivity contribution in [2.75, 3.05) is 7.05 Å². The number of phenolic OH excluding ortho intramolecular Hbond substituents is 1. The van der Waals surface area contributed by atoms with Crippen molar-refractivity contribution in [3.63, 3.8) is 0 Å². The summed E-state index contributed by atoms with van der Waals surface area (Å²) in [4.78, 5) is 13.8. The average Bonchev–Trinajstić information content (AvgIpc) is 2.40. The van der Waals surface area contributed by atoms with Crippen LogP contribution in [0.25, 0.3) is 0 Å². The molecule has 20 heavy (non-hydrogen) atoms. The molecule has 1 N–H and O–H groups in total. The summed E-state index contributed by atoms with van der Waals surface area (Å²) < 4.78 is 0.723. The summed E-state index contributed by atoms with van der Waals surface area (Å²) in [5, 5.41) is 10.4. The monoisotopic (exact) mass is 353 g/mol. The highest BCUT2D eigenvalue weighted by Gasteiger charge is 2.16. The molecule has 0 aliphatic carbocycles. The van der Waals surface area contributed by atoms with E-state index in [0.717, 1.165) is 10.0 Å². The molecular weight excluding hydrogens is 342 g/mol. The lowest BCUT2D eigenvalue weighted by molar-refractivity contribution is 0.0782. The number of rotatable bonds is 3. The van der Waals surface area contributed by atoms with Crippen molar-refractivity contribution in [1.29, 1.82) is 0 Å². The third kappa shape index (κ3) is 3.32. The summed E-state index contributed by atoms with van der Waals surface area (Å²) in [6.45, 7) is 0.383. The summed E-state index contributed by atoms with van der Waals surface area (Å²) >= 11 is 9.32. The molecule has 3 nitrogen and oxygen atoms in total. The highest BCUT2D eigenvalue weighted by Crippen LogP contribution is 2.24. The number of hydrogen-bond acceptors (Lipinski definition) is 2. The van der Waals surface area contributed by atoms with Crippen molar-refractivity contribution in [2.45, 2.75) is 6.54 Å². The molecule has 104 valence electrons. The van der Waals surface area contributed by atoms with Gasteiger partial charge in [-0.25, -0.2) is 0 Å². The molecule has 0 aliphatic rings. The Morgan fingerprint density at radius 3 is 2.65 bits per heavy atom. The molecule has 2 rings (SSSR count). The largest absolute Gasteiger partial charge is 0.507 e. The van der Waals surface area contributed by atoms with Crippen LogP contribution in [0.4, 0.5) is 0 Å².